The molecule has 1 aliphatic heterocycles. The summed E-state index contributed by atoms with van der Waals surface area (Å²) in [5, 5.41) is 6.71. The Bertz CT molecular complexity index is 989. The standard InChI is InChI=1S/C20H16N2O4/c1-12-5-7-13(8-6-12)17-9-15(26-22-17)11-25-20(24)16-4-2-3-14-10-21-19(23)18(14)16/h2-9H,10-11H2,1H3,(H,21,23). The second-order valence-corrected chi connectivity index (χ2v) is 6.14. The van der Waals surface area contributed by atoms with E-state index in [2.05, 4.69) is 10.5 Å². The number of hydrogen-bond donors (Lipinski definition) is 1. The molecule has 0 saturated carbocycles. The van der Waals surface area contributed by atoms with Crippen molar-refractivity contribution in [2.45, 2.75) is 20.1 Å². The molecule has 4 rings (SSSR count). The summed E-state index contributed by atoms with van der Waals surface area (Å²) < 4.78 is 10.5. The van der Waals surface area contributed by atoms with Crippen LogP contribution in [-0.2, 0) is 17.9 Å². The van der Waals surface area contributed by atoms with Crippen LogP contribution in [-0.4, -0.2) is 17.0 Å². The predicted molar refractivity (Wildman–Crippen MR) is 93.4 cm³/mol. The number of fused-ring (bicyclic) bond motifs is 1. The number of benzene rings is 2. The summed E-state index contributed by atoms with van der Waals surface area (Å²) in [5.74, 6) is -0.382. The third-order valence-corrected chi connectivity index (χ3v) is 4.29. The predicted octanol–water partition coefficient (Wildman–Crippen LogP) is 3.25. The zero-order chi connectivity index (χ0) is 18.1. The summed E-state index contributed by atoms with van der Waals surface area (Å²) in [6.45, 7) is 2.39. The van der Waals surface area contributed by atoms with Gasteiger partial charge in [-0.3, -0.25) is 4.79 Å². The van der Waals surface area contributed by atoms with Gasteiger partial charge >= 0.3 is 5.97 Å². The number of aryl methyl sites for hydroxylation is 1. The molecule has 0 spiro atoms. The van der Waals surface area contributed by atoms with Crippen molar-refractivity contribution in [3.05, 3.63) is 76.5 Å². The van der Waals surface area contributed by atoms with Crippen molar-refractivity contribution < 1.29 is 18.8 Å². The summed E-state index contributed by atoms with van der Waals surface area (Å²) >= 11 is 0. The van der Waals surface area contributed by atoms with Crippen molar-refractivity contribution in [1.82, 2.24) is 10.5 Å². The second-order valence-electron chi connectivity index (χ2n) is 6.14. The average Bonchev–Trinajstić information content (AvgIpc) is 3.27. The van der Waals surface area contributed by atoms with E-state index in [4.69, 9.17) is 9.26 Å². The molecule has 26 heavy (non-hydrogen) atoms. The zero-order valence-corrected chi connectivity index (χ0v) is 14.1. The third kappa shape index (κ3) is 2.97. The van der Waals surface area contributed by atoms with Crippen LogP contribution in [0.3, 0.4) is 0 Å². The van der Waals surface area contributed by atoms with Gasteiger partial charge in [0.2, 0.25) is 0 Å². The lowest BCUT2D eigenvalue weighted by atomic mass is 10.0. The van der Waals surface area contributed by atoms with Crippen LogP contribution in [0.4, 0.5) is 0 Å². The van der Waals surface area contributed by atoms with Crippen molar-refractivity contribution >= 4 is 11.9 Å². The minimum Gasteiger partial charge on any atom is -0.454 e. The molecule has 0 bridgehead atoms. The molecule has 0 radical (unpaired) electrons. The van der Waals surface area contributed by atoms with Crippen LogP contribution in [0.5, 0.6) is 0 Å². The monoisotopic (exact) mass is 348 g/mol. The summed E-state index contributed by atoms with van der Waals surface area (Å²) in [4.78, 5) is 24.3. The molecule has 6 heteroatoms. The van der Waals surface area contributed by atoms with E-state index in [0.717, 1.165) is 16.7 Å². The Balaban J connectivity index is 1.47. The van der Waals surface area contributed by atoms with Crippen molar-refractivity contribution in [1.29, 1.82) is 0 Å². The van der Waals surface area contributed by atoms with Gasteiger partial charge in [0, 0.05) is 18.2 Å². The van der Waals surface area contributed by atoms with E-state index >= 15 is 0 Å². The lowest BCUT2D eigenvalue weighted by Gasteiger charge is -2.06. The molecule has 1 amide bonds. The number of hydrogen-bond acceptors (Lipinski definition) is 5. The Hall–Kier alpha value is -3.41. The molecular formula is C20H16N2O4. The first-order valence-corrected chi connectivity index (χ1v) is 8.21. The Morgan fingerprint density at radius 2 is 2.04 bits per heavy atom. The minimum absolute atomic E-state index is 0.0526. The van der Waals surface area contributed by atoms with E-state index in [9.17, 15) is 9.59 Å². The van der Waals surface area contributed by atoms with Gasteiger partial charge in [-0.2, -0.15) is 0 Å². The van der Waals surface area contributed by atoms with Crippen molar-refractivity contribution in [2.75, 3.05) is 0 Å². The number of carbonyl (C=O) groups is 2. The molecule has 1 aliphatic rings. The molecule has 1 aromatic heterocycles. The summed E-state index contributed by atoms with van der Waals surface area (Å²) in [6.07, 6.45) is 0. The Morgan fingerprint density at radius 3 is 2.85 bits per heavy atom. The molecule has 0 aliphatic carbocycles. The van der Waals surface area contributed by atoms with E-state index < -0.39 is 5.97 Å². The van der Waals surface area contributed by atoms with Crippen LogP contribution in [0.2, 0.25) is 0 Å². The van der Waals surface area contributed by atoms with Crippen LogP contribution in [0.1, 0.15) is 37.6 Å². The van der Waals surface area contributed by atoms with Gasteiger partial charge in [0.1, 0.15) is 5.69 Å². The van der Waals surface area contributed by atoms with Gasteiger partial charge < -0.3 is 14.6 Å². The SMILES string of the molecule is Cc1ccc(-c2cc(COC(=O)c3cccc4c3C(=O)NC4)on2)cc1. The Kier molecular flexibility index (Phi) is 4.01. The first-order chi connectivity index (χ1) is 12.6. The van der Waals surface area contributed by atoms with Crippen LogP contribution in [0.15, 0.2) is 53.1 Å². The molecule has 0 fully saturated rings. The molecule has 130 valence electrons. The fourth-order valence-corrected chi connectivity index (χ4v) is 2.91. The maximum absolute atomic E-state index is 12.4. The topological polar surface area (TPSA) is 81.4 Å². The minimum atomic E-state index is -0.563. The lowest BCUT2D eigenvalue weighted by molar-refractivity contribution is 0.0434. The number of esters is 1. The molecule has 2 aromatic carbocycles. The van der Waals surface area contributed by atoms with Crippen molar-refractivity contribution in [2.24, 2.45) is 0 Å². The number of nitrogens with one attached hydrogen (secondary N) is 1. The van der Waals surface area contributed by atoms with Crippen LogP contribution in [0.25, 0.3) is 11.3 Å². The van der Waals surface area contributed by atoms with Crippen molar-refractivity contribution in [3.8, 4) is 11.3 Å². The van der Waals surface area contributed by atoms with E-state index in [-0.39, 0.29) is 18.1 Å². The molecule has 3 aromatic rings. The molecule has 0 saturated heterocycles. The highest BCUT2D eigenvalue weighted by Crippen LogP contribution is 2.22. The molecule has 0 unspecified atom stereocenters. The van der Waals surface area contributed by atoms with Crippen molar-refractivity contribution in [3.63, 3.8) is 0 Å². The summed E-state index contributed by atoms with van der Waals surface area (Å²) in [6, 6.07) is 14.8. The van der Waals surface area contributed by atoms with Gasteiger partial charge in [0.05, 0.1) is 11.1 Å². The normalized spacial score (nSPS) is 12.6. The van der Waals surface area contributed by atoms with E-state index in [1.54, 1.807) is 18.2 Å². The quantitative estimate of drug-likeness (QED) is 0.732. The first kappa shape index (κ1) is 16.1. The molecule has 6 nitrogen and oxygen atoms in total. The first-order valence-electron chi connectivity index (χ1n) is 8.21. The number of rotatable bonds is 4. The Morgan fingerprint density at radius 1 is 1.23 bits per heavy atom. The average molecular weight is 348 g/mol. The van der Waals surface area contributed by atoms with Gasteiger partial charge in [-0.1, -0.05) is 47.1 Å². The molecular weight excluding hydrogens is 332 g/mol. The lowest BCUT2D eigenvalue weighted by Crippen LogP contribution is -2.16. The maximum atomic E-state index is 12.4. The maximum Gasteiger partial charge on any atom is 0.339 e. The summed E-state index contributed by atoms with van der Waals surface area (Å²) in [7, 11) is 0. The number of amides is 1. The van der Waals surface area contributed by atoms with Gasteiger partial charge in [0.25, 0.3) is 5.91 Å². The second kappa shape index (κ2) is 6.48. The molecule has 2 heterocycles. The summed E-state index contributed by atoms with van der Waals surface area (Å²) in [5.41, 5.74) is 4.20. The fraction of sp³-hybridized carbons (Fsp3) is 0.150. The van der Waals surface area contributed by atoms with Gasteiger partial charge in [0.15, 0.2) is 12.4 Å². The van der Waals surface area contributed by atoms with Crippen LogP contribution in [0, 0.1) is 6.92 Å². The van der Waals surface area contributed by atoms with E-state index in [1.807, 2.05) is 37.3 Å². The van der Waals surface area contributed by atoms with Gasteiger partial charge in [-0.05, 0) is 18.6 Å². The third-order valence-electron chi connectivity index (χ3n) is 4.29. The smallest absolute Gasteiger partial charge is 0.339 e. The zero-order valence-electron chi connectivity index (χ0n) is 14.1. The Labute approximate surface area is 149 Å². The largest absolute Gasteiger partial charge is 0.454 e. The fourth-order valence-electron chi connectivity index (χ4n) is 2.91. The number of carbonyl (C=O) groups excluding carboxylic acids is 2. The molecule has 0 atom stereocenters. The highest BCUT2D eigenvalue weighted by Gasteiger charge is 2.26. The highest BCUT2D eigenvalue weighted by atomic mass is 16.5. The van der Waals surface area contributed by atoms with Crippen LogP contribution >= 0.6 is 0 Å². The number of nitrogens with zero attached hydrogens (tertiary/aromatic N) is 1. The van der Waals surface area contributed by atoms with Gasteiger partial charge in [-0.25, -0.2) is 4.79 Å². The van der Waals surface area contributed by atoms with E-state index in [1.165, 1.54) is 0 Å². The van der Waals surface area contributed by atoms with Gasteiger partial charge in [-0.15, -0.1) is 0 Å². The number of aromatic nitrogens is 1. The highest BCUT2D eigenvalue weighted by molar-refractivity contribution is 6.08. The number of ether oxygens (including phenoxy) is 1. The van der Waals surface area contributed by atoms with E-state index in [0.29, 0.717) is 23.6 Å². The molecule has 1 N–H and O–H groups in total. The van der Waals surface area contributed by atoms with Crippen LogP contribution < -0.4 is 5.32 Å².